The minimum absolute atomic E-state index is 0.633. The molecule has 0 radical (unpaired) electrons. The predicted octanol–water partition coefficient (Wildman–Crippen LogP) is 3.59. The van der Waals surface area contributed by atoms with Crippen LogP contribution in [0.3, 0.4) is 0 Å². The van der Waals surface area contributed by atoms with E-state index in [0.29, 0.717) is 12.1 Å². The zero-order valence-corrected chi connectivity index (χ0v) is 13.5. The second-order valence-corrected chi connectivity index (χ2v) is 6.44. The molecule has 1 aliphatic rings. The van der Waals surface area contributed by atoms with Crippen molar-refractivity contribution in [1.82, 2.24) is 10.2 Å². The first-order valence-corrected chi connectivity index (χ1v) is 8.13. The summed E-state index contributed by atoms with van der Waals surface area (Å²) in [5.74, 6) is 0.750. The second-order valence-electron chi connectivity index (χ2n) is 6.44. The van der Waals surface area contributed by atoms with Gasteiger partial charge in [0.05, 0.1) is 0 Å². The summed E-state index contributed by atoms with van der Waals surface area (Å²) in [5, 5.41) is 3.75. The maximum Gasteiger partial charge on any atom is 0.0239 e. The van der Waals surface area contributed by atoms with E-state index in [9.17, 15) is 0 Å². The van der Waals surface area contributed by atoms with Crippen LogP contribution in [0.15, 0.2) is 24.3 Å². The number of hydrogen-bond acceptors (Lipinski definition) is 2. The molecule has 0 amide bonds. The molecule has 0 aromatic heterocycles. The third-order valence-electron chi connectivity index (χ3n) is 4.99. The summed E-state index contributed by atoms with van der Waals surface area (Å²) in [5.41, 5.74) is 2.89. The molecule has 1 fully saturated rings. The lowest BCUT2D eigenvalue weighted by Gasteiger charge is -2.31. The van der Waals surface area contributed by atoms with Gasteiger partial charge in [-0.2, -0.15) is 0 Å². The molecule has 3 unspecified atom stereocenters. The highest BCUT2D eigenvalue weighted by molar-refractivity contribution is 5.25. The summed E-state index contributed by atoms with van der Waals surface area (Å²) < 4.78 is 0. The topological polar surface area (TPSA) is 15.3 Å². The van der Waals surface area contributed by atoms with Gasteiger partial charge in [0.15, 0.2) is 0 Å². The van der Waals surface area contributed by atoms with Gasteiger partial charge in [-0.3, -0.25) is 4.90 Å². The Morgan fingerprint density at radius 2 is 2.10 bits per heavy atom. The van der Waals surface area contributed by atoms with Crippen LogP contribution in [-0.2, 0) is 6.54 Å². The van der Waals surface area contributed by atoms with Crippen molar-refractivity contribution in [3.05, 3.63) is 35.4 Å². The van der Waals surface area contributed by atoms with E-state index in [1.54, 1.807) is 0 Å². The van der Waals surface area contributed by atoms with E-state index in [2.05, 4.69) is 62.2 Å². The van der Waals surface area contributed by atoms with Crippen molar-refractivity contribution in [1.29, 1.82) is 0 Å². The lowest BCUT2D eigenvalue weighted by Crippen LogP contribution is -2.43. The Balaban J connectivity index is 2.09. The van der Waals surface area contributed by atoms with Crippen LogP contribution in [-0.4, -0.2) is 30.1 Å². The van der Waals surface area contributed by atoms with Crippen LogP contribution in [0.25, 0.3) is 0 Å². The summed E-state index contributed by atoms with van der Waals surface area (Å²) in [7, 11) is 0. The Bertz CT molecular complexity index is 416. The molecule has 1 N–H and O–H groups in total. The fourth-order valence-corrected chi connectivity index (χ4v) is 3.05. The Morgan fingerprint density at radius 1 is 1.35 bits per heavy atom. The van der Waals surface area contributed by atoms with E-state index < -0.39 is 0 Å². The first-order valence-electron chi connectivity index (χ1n) is 8.13. The van der Waals surface area contributed by atoms with E-state index in [4.69, 9.17) is 0 Å². The normalized spacial score (nSPS) is 26.2. The molecule has 0 bridgehead atoms. The fraction of sp³-hybridized carbons (Fsp3) is 0.667. The molecule has 1 aliphatic heterocycles. The van der Waals surface area contributed by atoms with Gasteiger partial charge < -0.3 is 5.32 Å². The summed E-state index contributed by atoms with van der Waals surface area (Å²) in [6.07, 6.45) is 2.50. The molecule has 1 aromatic rings. The highest BCUT2D eigenvalue weighted by atomic mass is 15.2. The zero-order valence-electron chi connectivity index (χ0n) is 13.5. The van der Waals surface area contributed by atoms with E-state index in [-0.39, 0.29) is 0 Å². The standard InChI is InChI=1S/C18H30N2/c1-5-14(2)18-13-20(16(4)10-11-19-18)12-17-9-7-6-8-15(17)3/h6-9,14,16,18-19H,5,10-13H2,1-4H3. The third kappa shape index (κ3) is 3.83. The van der Waals surface area contributed by atoms with Crippen molar-refractivity contribution in [3.8, 4) is 0 Å². The smallest absolute Gasteiger partial charge is 0.0239 e. The van der Waals surface area contributed by atoms with Crippen molar-refractivity contribution in [2.75, 3.05) is 13.1 Å². The van der Waals surface area contributed by atoms with Crippen LogP contribution >= 0.6 is 0 Å². The number of hydrogen-bond donors (Lipinski definition) is 1. The van der Waals surface area contributed by atoms with Gasteiger partial charge >= 0.3 is 0 Å². The van der Waals surface area contributed by atoms with Crippen molar-refractivity contribution in [2.24, 2.45) is 5.92 Å². The lowest BCUT2D eigenvalue weighted by molar-refractivity contribution is 0.180. The van der Waals surface area contributed by atoms with Crippen molar-refractivity contribution in [3.63, 3.8) is 0 Å². The monoisotopic (exact) mass is 274 g/mol. The maximum atomic E-state index is 3.75. The molecule has 112 valence electrons. The van der Waals surface area contributed by atoms with E-state index in [1.165, 1.54) is 30.5 Å². The maximum absolute atomic E-state index is 3.75. The molecule has 0 aliphatic carbocycles. The summed E-state index contributed by atoms with van der Waals surface area (Å²) in [4.78, 5) is 2.67. The number of benzene rings is 1. The molecular formula is C18H30N2. The number of nitrogens with one attached hydrogen (secondary N) is 1. The molecule has 0 saturated carbocycles. The fourth-order valence-electron chi connectivity index (χ4n) is 3.05. The quantitative estimate of drug-likeness (QED) is 0.902. The Hall–Kier alpha value is -0.860. The first-order chi connectivity index (χ1) is 9.61. The van der Waals surface area contributed by atoms with Gasteiger partial charge in [-0.1, -0.05) is 44.5 Å². The van der Waals surface area contributed by atoms with Gasteiger partial charge in [0.25, 0.3) is 0 Å². The van der Waals surface area contributed by atoms with Gasteiger partial charge in [0.2, 0.25) is 0 Å². The average Bonchev–Trinajstić information content (AvgIpc) is 2.63. The predicted molar refractivity (Wildman–Crippen MR) is 86.9 cm³/mol. The Morgan fingerprint density at radius 3 is 2.80 bits per heavy atom. The van der Waals surface area contributed by atoms with Gasteiger partial charge in [0.1, 0.15) is 0 Å². The van der Waals surface area contributed by atoms with Gasteiger partial charge in [0, 0.05) is 25.2 Å². The number of aryl methyl sites for hydroxylation is 1. The minimum atomic E-state index is 0.633. The summed E-state index contributed by atoms with van der Waals surface area (Å²) in [6.45, 7) is 12.7. The molecule has 2 heteroatoms. The molecule has 2 rings (SSSR count). The van der Waals surface area contributed by atoms with Crippen LogP contribution in [0.1, 0.15) is 44.7 Å². The molecular weight excluding hydrogens is 244 g/mol. The average molecular weight is 274 g/mol. The zero-order chi connectivity index (χ0) is 14.5. The van der Waals surface area contributed by atoms with Crippen molar-refractivity contribution >= 4 is 0 Å². The number of nitrogens with zero attached hydrogens (tertiary/aromatic N) is 1. The van der Waals surface area contributed by atoms with Gasteiger partial charge in [-0.05, 0) is 43.9 Å². The Labute approximate surface area is 124 Å². The molecule has 0 spiro atoms. The highest BCUT2D eigenvalue weighted by Gasteiger charge is 2.25. The summed E-state index contributed by atoms with van der Waals surface area (Å²) in [6, 6.07) is 10.1. The molecule has 1 aromatic carbocycles. The lowest BCUT2D eigenvalue weighted by atomic mass is 9.98. The van der Waals surface area contributed by atoms with Crippen LogP contribution in [0, 0.1) is 12.8 Å². The highest BCUT2D eigenvalue weighted by Crippen LogP contribution is 2.19. The molecule has 2 nitrogen and oxygen atoms in total. The Kier molecular flexibility index (Phi) is 5.62. The van der Waals surface area contributed by atoms with Crippen LogP contribution < -0.4 is 5.32 Å². The van der Waals surface area contributed by atoms with E-state index >= 15 is 0 Å². The molecule has 1 heterocycles. The first kappa shape index (κ1) is 15.5. The molecule has 3 atom stereocenters. The van der Waals surface area contributed by atoms with Crippen molar-refractivity contribution in [2.45, 2.75) is 59.2 Å². The van der Waals surface area contributed by atoms with Gasteiger partial charge in [-0.15, -0.1) is 0 Å². The van der Waals surface area contributed by atoms with Crippen LogP contribution in [0.2, 0.25) is 0 Å². The minimum Gasteiger partial charge on any atom is -0.312 e. The molecule has 20 heavy (non-hydrogen) atoms. The summed E-state index contributed by atoms with van der Waals surface area (Å²) >= 11 is 0. The molecule has 1 saturated heterocycles. The second kappa shape index (κ2) is 7.24. The van der Waals surface area contributed by atoms with Crippen molar-refractivity contribution < 1.29 is 0 Å². The van der Waals surface area contributed by atoms with Crippen LogP contribution in [0.4, 0.5) is 0 Å². The van der Waals surface area contributed by atoms with E-state index in [1.807, 2.05) is 0 Å². The largest absolute Gasteiger partial charge is 0.312 e. The number of rotatable bonds is 4. The van der Waals surface area contributed by atoms with E-state index in [0.717, 1.165) is 19.0 Å². The van der Waals surface area contributed by atoms with Crippen LogP contribution in [0.5, 0.6) is 0 Å². The van der Waals surface area contributed by atoms with Gasteiger partial charge in [-0.25, -0.2) is 0 Å². The SMILES string of the molecule is CCC(C)C1CN(Cc2ccccc2C)C(C)CCN1. The third-order valence-corrected chi connectivity index (χ3v) is 4.99.